The Morgan fingerprint density at radius 2 is 2.20 bits per heavy atom. The van der Waals surface area contributed by atoms with Crippen molar-refractivity contribution < 1.29 is 4.39 Å². The Labute approximate surface area is 85.0 Å². The molecule has 0 saturated heterocycles. The molecular formula is C8H9FN6. The third kappa shape index (κ3) is 1.68. The molecule has 0 amide bonds. The molecule has 0 saturated carbocycles. The normalized spacial score (nSPS) is 10.6. The average Bonchev–Trinajstić information content (AvgIpc) is 2.70. The Kier molecular flexibility index (Phi) is 2.38. The zero-order valence-corrected chi connectivity index (χ0v) is 8.05. The molecule has 0 aliphatic heterocycles. The van der Waals surface area contributed by atoms with Crippen molar-refractivity contribution >= 4 is 0 Å². The number of halogens is 1. The summed E-state index contributed by atoms with van der Waals surface area (Å²) in [5.74, 6) is 0.00587. The first-order valence-corrected chi connectivity index (χ1v) is 4.30. The molecule has 2 aromatic heterocycles. The van der Waals surface area contributed by atoms with Crippen molar-refractivity contribution in [1.82, 2.24) is 24.7 Å². The number of hydrogen-bond donors (Lipinski definition) is 1. The van der Waals surface area contributed by atoms with Gasteiger partial charge in [0.05, 0.1) is 12.2 Å². The molecule has 2 N–H and O–H groups in total. The average molecular weight is 208 g/mol. The molecule has 2 aromatic rings. The molecule has 15 heavy (non-hydrogen) atoms. The number of hydrogen-bond acceptors (Lipinski definition) is 5. The van der Waals surface area contributed by atoms with Crippen LogP contribution in [0, 0.1) is 12.7 Å². The van der Waals surface area contributed by atoms with Gasteiger partial charge in [-0.05, 0) is 6.92 Å². The standard InChI is InChI=1S/C8H9FN6/c1-5-7(9)8(12-3-11-5)15-4-13-6(2-10)14-15/h3-4H,2,10H2,1H3. The fraction of sp³-hybridized carbons (Fsp3) is 0.250. The van der Waals surface area contributed by atoms with E-state index in [0.29, 0.717) is 5.82 Å². The third-order valence-corrected chi connectivity index (χ3v) is 1.88. The summed E-state index contributed by atoms with van der Waals surface area (Å²) in [7, 11) is 0. The van der Waals surface area contributed by atoms with Crippen molar-refractivity contribution in [2.75, 3.05) is 0 Å². The zero-order chi connectivity index (χ0) is 10.8. The number of nitrogens with zero attached hydrogens (tertiary/aromatic N) is 5. The van der Waals surface area contributed by atoms with E-state index >= 15 is 0 Å². The van der Waals surface area contributed by atoms with Crippen LogP contribution in [0.15, 0.2) is 12.7 Å². The molecule has 2 heterocycles. The maximum Gasteiger partial charge on any atom is 0.194 e. The van der Waals surface area contributed by atoms with E-state index in [1.807, 2.05) is 0 Å². The minimum absolute atomic E-state index is 0.0784. The van der Waals surface area contributed by atoms with Crippen LogP contribution < -0.4 is 5.73 Å². The van der Waals surface area contributed by atoms with E-state index in [4.69, 9.17) is 5.73 Å². The predicted octanol–water partition coefficient (Wildman–Crippen LogP) is -0.0365. The van der Waals surface area contributed by atoms with Crippen molar-refractivity contribution in [3.8, 4) is 5.82 Å². The first-order valence-electron chi connectivity index (χ1n) is 4.30. The van der Waals surface area contributed by atoms with Gasteiger partial charge in [-0.15, -0.1) is 5.10 Å². The van der Waals surface area contributed by atoms with E-state index in [1.165, 1.54) is 17.3 Å². The molecule has 6 nitrogen and oxygen atoms in total. The fourth-order valence-electron chi connectivity index (χ4n) is 1.10. The molecule has 0 atom stereocenters. The van der Waals surface area contributed by atoms with Crippen molar-refractivity contribution in [2.24, 2.45) is 5.73 Å². The van der Waals surface area contributed by atoms with Crippen LogP contribution in [0.2, 0.25) is 0 Å². The van der Waals surface area contributed by atoms with E-state index in [2.05, 4.69) is 20.1 Å². The van der Waals surface area contributed by atoms with Crippen LogP contribution in [0.25, 0.3) is 5.82 Å². The first-order chi connectivity index (χ1) is 7.22. The van der Waals surface area contributed by atoms with Crippen LogP contribution in [-0.2, 0) is 6.54 Å². The molecule has 7 heteroatoms. The lowest BCUT2D eigenvalue weighted by Gasteiger charge is -2.01. The largest absolute Gasteiger partial charge is 0.324 e. The van der Waals surface area contributed by atoms with E-state index in [9.17, 15) is 4.39 Å². The van der Waals surface area contributed by atoms with Gasteiger partial charge in [0.25, 0.3) is 0 Å². The van der Waals surface area contributed by atoms with Crippen LogP contribution in [0.3, 0.4) is 0 Å². The Morgan fingerprint density at radius 1 is 1.40 bits per heavy atom. The minimum Gasteiger partial charge on any atom is -0.324 e. The van der Waals surface area contributed by atoms with Gasteiger partial charge in [0.2, 0.25) is 0 Å². The van der Waals surface area contributed by atoms with Crippen molar-refractivity contribution in [2.45, 2.75) is 13.5 Å². The number of nitrogens with two attached hydrogens (primary N) is 1. The van der Waals surface area contributed by atoms with Gasteiger partial charge >= 0.3 is 0 Å². The Hall–Kier alpha value is -1.89. The fourth-order valence-corrected chi connectivity index (χ4v) is 1.10. The van der Waals surface area contributed by atoms with Gasteiger partial charge in [0.1, 0.15) is 12.7 Å². The first kappa shape index (κ1) is 9.66. The Morgan fingerprint density at radius 3 is 2.87 bits per heavy atom. The van der Waals surface area contributed by atoms with Crippen molar-refractivity contribution in [1.29, 1.82) is 0 Å². The lowest BCUT2D eigenvalue weighted by molar-refractivity contribution is 0.580. The molecule has 0 fully saturated rings. The van der Waals surface area contributed by atoms with Gasteiger partial charge in [-0.1, -0.05) is 0 Å². The summed E-state index contributed by atoms with van der Waals surface area (Å²) in [4.78, 5) is 11.4. The highest BCUT2D eigenvalue weighted by molar-refractivity contribution is 5.23. The summed E-state index contributed by atoms with van der Waals surface area (Å²) in [6.45, 7) is 1.76. The molecule has 0 unspecified atom stereocenters. The lowest BCUT2D eigenvalue weighted by atomic mass is 10.4. The highest BCUT2D eigenvalue weighted by Crippen LogP contribution is 2.10. The van der Waals surface area contributed by atoms with E-state index in [0.717, 1.165) is 0 Å². The SMILES string of the molecule is Cc1ncnc(-n2cnc(CN)n2)c1F. The molecule has 2 rings (SSSR count). The van der Waals surface area contributed by atoms with Crippen molar-refractivity contribution in [3.63, 3.8) is 0 Å². The predicted molar refractivity (Wildman–Crippen MR) is 49.5 cm³/mol. The quantitative estimate of drug-likeness (QED) is 0.749. The summed E-state index contributed by atoms with van der Waals surface area (Å²) in [5, 5.41) is 3.95. The van der Waals surface area contributed by atoms with Gasteiger partial charge in [-0.25, -0.2) is 19.3 Å². The Bertz CT molecular complexity index is 480. The molecular weight excluding hydrogens is 199 g/mol. The summed E-state index contributed by atoms with van der Waals surface area (Å²) in [6, 6.07) is 0. The summed E-state index contributed by atoms with van der Waals surface area (Å²) >= 11 is 0. The van der Waals surface area contributed by atoms with Gasteiger partial charge < -0.3 is 5.73 Å². The number of rotatable bonds is 2. The maximum atomic E-state index is 13.6. The highest BCUT2D eigenvalue weighted by atomic mass is 19.1. The lowest BCUT2D eigenvalue weighted by Crippen LogP contribution is -2.06. The zero-order valence-electron chi connectivity index (χ0n) is 8.05. The minimum atomic E-state index is -0.508. The second-order valence-corrected chi connectivity index (χ2v) is 2.91. The molecule has 0 bridgehead atoms. The number of aromatic nitrogens is 5. The second-order valence-electron chi connectivity index (χ2n) is 2.91. The van der Waals surface area contributed by atoms with E-state index < -0.39 is 5.82 Å². The van der Waals surface area contributed by atoms with E-state index in [-0.39, 0.29) is 18.1 Å². The monoisotopic (exact) mass is 208 g/mol. The Balaban J connectivity index is 2.49. The van der Waals surface area contributed by atoms with Gasteiger partial charge in [-0.2, -0.15) is 4.68 Å². The highest BCUT2D eigenvalue weighted by Gasteiger charge is 2.11. The molecule has 0 radical (unpaired) electrons. The van der Waals surface area contributed by atoms with Gasteiger partial charge in [0.15, 0.2) is 17.5 Å². The maximum absolute atomic E-state index is 13.6. The molecule has 78 valence electrons. The third-order valence-electron chi connectivity index (χ3n) is 1.88. The molecule has 0 aliphatic rings. The van der Waals surface area contributed by atoms with Crippen LogP contribution >= 0.6 is 0 Å². The van der Waals surface area contributed by atoms with E-state index in [1.54, 1.807) is 6.92 Å². The van der Waals surface area contributed by atoms with Crippen LogP contribution in [0.1, 0.15) is 11.5 Å². The molecule has 0 aliphatic carbocycles. The molecule has 0 aromatic carbocycles. The molecule has 0 spiro atoms. The summed E-state index contributed by atoms with van der Waals surface area (Å²) in [5.41, 5.74) is 5.61. The van der Waals surface area contributed by atoms with Crippen LogP contribution in [0.5, 0.6) is 0 Å². The second kappa shape index (κ2) is 3.70. The topological polar surface area (TPSA) is 82.5 Å². The van der Waals surface area contributed by atoms with Crippen LogP contribution in [-0.4, -0.2) is 24.7 Å². The summed E-state index contributed by atoms with van der Waals surface area (Å²) in [6.07, 6.45) is 2.64. The van der Waals surface area contributed by atoms with Crippen molar-refractivity contribution in [3.05, 3.63) is 30.0 Å². The number of aryl methyl sites for hydroxylation is 1. The van der Waals surface area contributed by atoms with Gasteiger partial charge in [0, 0.05) is 0 Å². The van der Waals surface area contributed by atoms with Crippen LogP contribution in [0.4, 0.5) is 4.39 Å². The van der Waals surface area contributed by atoms with Gasteiger partial charge in [-0.3, -0.25) is 0 Å². The summed E-state index contributed by atoms with van der Waals surface area (Å²) < 4.78 is 14.8. The smallest absolute Gasteiger partial charge is 0.194 e.